The normalized spacial score (nSPS) is 14.1. The number of carboxylic acids is 1. The molecule has 1 rings (SSSR count). The molecule has 0 fully saturated rings. The maximum atomic E-state index is 11.7. The lowest BCUT2D eigenvalue weighted by Gasteiger charge is -2.16. The number of carbonyl (C=O) groups is 2. The Morgan fingerprint density at radius 3 is 2.69 bits per heavy atom. The molecular weight excluding hydrogens is 210 g/mol. The maximum absolute atomic E-state index is 11.7. The average Bonchev–Trinajstić information content (AvgIpc) is 2.77. The fourth-order valence-corrected chi connectivity index (χ4v) is 1.26. The first-order chi connectivity index (χ1) is 7.56. The van der Waals surface area contributed by atoms with Crippen molar-refractivity contribution in [2.24, 2.45) is 0 Å². The van der Waals surface area contributed by atoms with E-state index in [1.54, 1.807) is 32.3 Å². The molecule has 88 valence electrons. The molecular formula is C10H15N3O3. The first-order valence-electron chi connectivity index (χ1n) is 5.08. The quantitative estimate of drug-likeness (QED) is 0.760. The number of aliphatic carboxylic acids is 1. The van der Waals surface area contributed by atoms with Gasteiger partial charge in [-0.1, -0.05) is 6.92 Å². The number of nitrogens with one attached hydrogen (secondary N) is 1. The first-order valence-corrected chi connectivity index (χ1v) is 5.08. The summed E-state index contributed by atoms with van der Waals surface area (Å²) in [6.07, 6.45) is 3.58. The van der Waals surface area contributed by atoms with Crippen LogP contribution < -0.4 is 5.32 Å². The Labute approximate surface area is 93.3 Å². The van der Waals surface area contributed by atoms with Crippen molar-refractivity contribution in [1.82, 2.24) is 15.1 Å². The van der Waals surface area contributed by atoms with E-state index in [-0.39, 0.29) is 5.91 Å². The van der Waals surface area contributed by atoms with E-state index in [2.05, 4.69) is 10.4 Å². The number of rotatable bonds is 5. The van der Waals surface area contributed by atoms with Crippen LogP contribution in [0.25, 0.3) is 0 Å². The molecule has 0 saturated carbocycles. The van der Waals surface area contributed by atoms with Crippen LogP contribution >= 0.6 is 0 Å². The molecule has 0 aromatic carbocycles. The summed E-state index contributed by atoms with van der Waals surface area (Å²) in [5, 5.41) is 15.2. The topological polar surface area (TPSA) is 84.2 Å². The van der Waals surface area contributed by atoms with Crippen molar-refractivity contribution in [2.45, 2.75) is 32.4 Å². The lowest BCUT2D eigenvalue weighted by Crippen LogP contribution is -2.43. The highest BCUT2D eigenvalue weighted by molar-refractivity contribution is 5.85. The van der Waals surface area contributed by atoms with E-state index in [1.807, 2.05) is 0 Å². The van der Waals surface area contributed by atoms with Gasteiger partial charge >= 0.3 is 5.97 Å². The third-order valence-corrected chi connectivity index (χ3v) is 2.32. The predicted octanol–water partition coefficient (Wildman–Crippen LogP) is 0.423. The van der Waals surface area contributed by atoms with Gasteiger partial charge in [0.05, 0.1) is 0 Å². The summed E-state index contributed by atoms with van der Waals surface area (Å²) in [6, 6.07) is 0.354. The first kappa shape index (κ1) is 12.2. The Morgan fingerprint density at radius 2 is 2.25 bits per heavy atom. The van der Waals surface area contributed by atoms with Crippen LogP contribution in [0.4, 0.5) is 0 Å². The Balaban J connectivity index is 2.61. The van der Waals surface area contributed by atoms with Gasteiger partial charge in [-0.25, -0.2) is 4.79 Å². The number of carbonyl (C=O) groups excluding carboxylic acids is 1. The highest BCUT2D eigenvalue weighted by Gasteiger charge is 2.22. The minimum atomic E-state index is -1.02. The van der Waals surface area contributed by atoms with Crippen molar-refractivity contribution in [3.63, 3.8) is 0 Å². The molecule has 0 aliphatic rings. The molecule has 0 aliphatic heterocycles. The zero-order valence-corrected chi connectivity index (χ0v) is 9.25. The van der Waals surface area contributed by atoms with Crippen LogP contribution in [0.5, 0.6) is 0 Å². The van der Waals surface area contributed by atoms with E-state index in [9.17, 15) is 9.59 Å². The highest BCUT2D eigenvalue weighted by atomic mass is 16.4. The molecule has 2 atom stereocenters. The number of hydrogen-bond donors (Lipinski definition) is 2. The maximum Gasteiger partial charge on any atom is 0.326 e. The number of carboxylic acid groups (broad SMARTS) is 1. The van der Waals surface area contributed by atoms with Crippen LogP contribution in [0.15, 0.2) is 18.5 Å². The molecule has 2 N–H and O–H groups in total. The van der Waals surface area contributed by atoms with Crippen molar-refractivity contribution >= 4 is 11.9 Å². The molecule has 1 amide bonds. The molecule has 1 heterocycles. The number of aromatic nitrogens is 2. The van der Waals surface area contributed by atoms with E-state index in [4.69, 9.17) is 5.11 Å². The summed E-state index contributed by atoms with van der Waals surface area (Å²) in [6.45, 7) is 3.37. The molecule has 6 heteroatoms. The molecule has 6 nitrogen and oxygen atoms in total. The molecule has 0 saturated heterocycles. The smallest absolute Gasteiger partial charge is 0.326 e. The summed E-state index contributed by atoms with van der Waals surface area (Å²) in [7, 11) is 0. The van der Waals surface area contributed by atoms with Gasteiger partial charge in [0.1, 0.15) is 12.1 Å². The van der Waals surface area contributed by atoms with Crippen LogP contribution in [0, 0.1) is 0 Å². The van der Waals surface area contributed by atoms with E-state index in [0.717, 1.165) is 0 Å². The summed E-state index contributed by atoms with van der Waals surface area (Å²) >= 11 is 0. The second-order valence-corrected chi connectivity index (χ2v) is 3.47. The summed E-state index contributed by atoms with van der Waals surface area (Å²) in [5.41, 5.74) is 0. The van der Waals surface area contributed by atoms with Crippen molar-refractivity contribution in [3.8, 4) is 0 Å². The van der Waals surface area contributed by atoms with Crippen LogP contribution in [0.1, 0.15) is 26.3 Å². The van der Waals surface area contributed by atoms with Crippen LogP contribution in [-0.2, 0) is 9.59 Å². The lowest BCUT2D eigenvalue weighted by molar-refractivity contribution is -0.142. The predicted molar refractivity (Wildman–Crippen MR) is 56.8 cm³/mol. The molecule has 2 unspecified atom stereocenters. The van der Waals surface area contributed by atoms with Crippen LogP contribution in [0.3, 0.4) is 0 Å². The van der Waals surface area contributed by atoms with Crippen molar-refractivity contribution in [1.29, 1.82) is 0 Å². The standard InChI is InChI=1S/C10H15N3O3/c1-3-8(10(15)16)12-9(14)7(2)13-6-4-5-11-13/h4-8H,3H2,1-2H3,(H,12,14)(H,15,16). The monoisotopic (exact) mass is 225 g/mol. The zero-order chi connectivity index (χ0) is 12.1. The molecule has 0 spiro atoms. The average molecular weight is 225 g/mol. The fourth-order valence-electron chi connectivity index (χ4n) is 1.26. The molecule has 1 aromatic heterocycles. The summed E-state index contributed by atoms with van der Waals surface area (Å²) in [4.78, 5) is 22.4. The van der Waals surface area contributed by atoms with E-state index < -0.39 is 18.1 Å². The second kappa shape index (κ2) is 5.29. The van der Waals surface area contributed by atoms with Gasteiger partial charge in [0, 0.05) is 12.4 Å². The van der Waals surface area contributed by atoms with Gasteiger partial charge in [-0.15, -0.1) is 0 Å². The third kappa shape index (κ3) is 2.82. The summed E-state index contributed by atoms with van der Waals surface area (Å²) < 4.78 is 1.48. The zero-order valence-electron chi connectivity index (χ0n) is 9.25. The minimum Gasteiger partial charge on any atom is -0.480 e. The van der Waals surface area contributed by atoms with Gasteiger partial charge in [0.25, 0.3) is 0 Å². The number of hydrogen-bond acceptors (Lipinski definition) is 3. The van der Waals surface area contributed by atoms with Gasteiger partial charge in [-0.05, 0) is 19.4 Å². The van der Waals surface area contributed by atoms with Crippen LogP contribution in [0.2, 0.25) is 0 Å². The van der Waals surface area contributed by atoms with E-state index >= 15 is 0 Å². The second-order valence-electron chi connectivity index (χ2n) is 3.47. The SMILES string of the molecule is CCC(NC(=O)C(C)n1cccn1)C(=O)O. The largest absolute Gasteiger partial charge is 0.480 e. The Hall–Kier alpha value is -1.85. The van der Waals surface area contributed by atoms with Crippen molar-refractivity contribution in [3.05, 3.63) is 18.5 Å². The molecule has 16 heavy (non-hydrogen) atoms. The molecule has 0 radical (unpaired) electrons. The van der Waals surface area contributed by atoms with Gasteiger partial charge in [-0.3, -0.25) is 9.48 Å². The molecule has 0 aliphatic carbocycles. The number of nitrogens with zero attached hydrogens (tertiary/aromatic N) is 2. The van der Waals surface area contributed by atoms with E-state index in [0.29, 0.717) is 6.42 Å². The Bertz CT molecular complexity index is 361. The summed E-state index contributed by atoms with van der Waals surface area (Å²) in [5.74, 6) is -1.37. The highest BCUT2D eigenvalue weighted by Crippen LogP contribution is 2.04. The fraction of sp³-hybridized carbons (Fsp3) is 0.500. The van der Waals surface area contributed by atoms with Gasteiger partial charge in [0.15, 0.2) is 0 Å². The third-order valence-electron chi connectivity index (χ3n) is 2.32. The minimum absolute atomic E-state index is 0.349. The van der Waals surface area contributed by atoms with Crippen molar-refractivity contribution in [2.75, 3.05) is 0 Å². The number of amides is 1. The van der Waals surface area contributed by atoms with Crippen molar-refractivity contribution < 1.29 is 14.7 Å². The Kier molecular flexibility index (Phi) is 4.04. The molecule has 0 bridgehead atoms. The van der Waals surface area contributed by atoms with Crippen LogP contribution in [-0.4, -0.2) is 32.8 Å². The van der Waals surface area contributed by atoms with E-state index in [1.165, 1.54) is 4.68 Å². The lowest BCUT2D eigenvalue weighted by atomic mass is 10.2. The molecule has 1 aromatic rings. The van der Waals surface area contributed by atoms with Gasteiger partial charge in [0.2, 0.25) is 5.91 Å². The van der Waals surface area contributed by atoms with Gasteiger partial charge in [-0.2, -0.15) is 5.10 Å². The van der Waals surface area contributed by atoms with Gasteiger partial charge < -0.3 is 10.4 Å². The Morgan fingerprint density at radius 1 is 1.56 bits per heavy atom.